The highest BCUT2D eigenvalue weighted by molar-refractivity contribution is 7.99. The standard InChI is InChI=1S/C29H39N3O4S/c1-2-3-4-5-8-22(29(34)35)13-19-36-20-18-31-14-16-32(17-15-31)28-24-9-6-7-10-26(24)37-27-21-23(33)11-12-25(27)30-28/h6-7,9-12,21-22,33H,2-5,8,13-20H2,1H3,(H,34,35). The lowest BCUT2D eigenvalue weighted by Gasteiger charge is -2.36. The molecule has 37 heavy (non-hydrogen) atoms. The third-order valence-electron chi connectivity index (χ3n) is 7.11. The van der Waals surface area contributed by atoms with Crippen LogP contribution in [0.15, 0.2) is 57.2 Å². The third kappa shape index (κ3) is 7.72. The van der Waals surface area contributed by atoms with Crippen LogP contribution in [0, 0.1) is 5.92 Å². The Kier molecular flexibility index (Phi) is 10.3. The molecule has 1 atom stereocenters. The van der Waals surface area contributed by atoms with Gasteiger partial charge in [-0.15, -0.1) is 0 Å². The number of carboxylic acids is 1. The average molecular weight is 526 g/mol. The lowest BCUT2D eigenvalue weighted by atomic mass is 9.98. The molecular weight excluding hydrogens is 486 g/mol. The zero-order valence-corrected chi connectivity index (χ0v) is 22.6. The van der Waals surface area contributed by atoms with Crippen LogP contribution in [-0.2, 0) is 9.53 Å². The molecule has 7 nitrogen and oxygen atoms in total. The molecule has 2 heterocycles. The number of nitrogens with zero attached hydrogens (tertiary/aromatic N) is 3. The van der Waals surface area contributed by atoms with Crippen LogP contribution in [0.2, 0.25) is 0 Å². The van der Waals surface area contributed by atoms with Gasteiger partial charge in [0, 0.05) is 54.7 Å². The molecule has 0 bridgehead atoms. The van der Waals surface area contributed by atoms with E-state index in [4.69, 9.17) is 9.73 Å². The number of benzene rings is 2. The smallest absolute Gasteiger partial charge is 0.306 e. The Morgan fingerprint density at radius 1 is 1.03 bits per heavy atom. The number of amidine groups is 1. The molecule has 1 unspecified atom stereocenters. The second-order valence-corrected chi connectivity index (χ2v) is 10.9. The van der Waals surface area contributed by atoms with E-state index in [1.54, 1.807) is 23.9 Å². The molecular formula is C29H39N3O4S. The minimum atomic E-state index is -0.697. The van der Waals surface area contributed by atoms with Gasteiger partial charge in [0.05, 0.1) is 18.2 Å². The van der Waals surface area contributed by atoms with Crippen LogP contribution in [0.5, 0.6) is 5.75 Å². The Morgan fingerprint density at radius 3 is 2.62 bits per heavy atom. The highest BCUT2D eigenvalue weighted by Gasteiger charge is 2.25. The molecule has 2 N–H and O–H groups in total. The minimum Gasteiger partial charge on any atom is -0.508 e. The van der Waals surface area contributed by atoms with E-state index in [-0.39, 0.29) is 11.7 Å². The van der Waals surface area contributed by atoms with Gasteiger partial charge >= 0.3 is 5.97 Å². The topological polar surface area (TPSA) is 85.6 Å². The number of phenols is 1. The molecule has 8 heteroatoms. The molecule has 0 radical (unpaired) electrons. The maximum Gasteiger partial charge on any atom is 0.306 e. The number of aliphatic carboxylic acids is 1. The fourth-order valence-corrected chi connectivity index (χ4v) is 5.92. The molecule has 0 aliphatic carbocycles. The molecule has 0 amide bonds. The monoisotopic (exact) mass is 525 g/mol. The van der Waals surface area contributed by atoms with Crippen molar-refractivity contribution in [3.05, 3.63) is 48.0 Å². The molecule has 4 rings (SSSR count). The Balaban J connectivity index is 1.25. The maximum absolute atomic E-state index is 11.5. The van der Waals surface area contributed by atoms with Crippen molar-refractivity contribution in [2.45, 2.75) is 55.2 Å². The third-order valence-corrected chi connectivity index (χ3v) is 8.23. The van der Waals surface area contributed by atoms with Gasteiger partial charge in [0.25, 0.3) is 0 Å². The Labute approximate surface area is 224 Å². The number of hydrogen-bond acceptors (Lipinski definition) is 7. The van der Waals surface area contributed by atoms with Crippen LogP contribution in [0.1, 0.15) is 51.0 Å². The van der Waals surface area contributed by atoms with E-state index in [2.05, 4.69) is 34.9 Å². The van der Waals surface area contributed by atoms with Crippen LogP contribution in [0.4, 0.5) is 5.69 Å². The first-order valence-corrected chi connectivity index (χ1v) is 14.3. The van der Waals surface area contributed by atoms with Gasteiger partial charge in [0.1, 0.15) is 11.6 Å². The summed E-state index contributed by atoms with van der Waals surface area (Å²) in [6, 6.07) is 13.7. The van der Waals surface area contributed by atoms with E-state index >= 15 is 0 Å². The number of fused-ring (bicyclic) bond motifs is 2. The molecule has 2 aliphatic heterocycles. The van der Waals surface area contributed by atoms with Gasteiger partial charge in [-0.3, -0.25) is 9.69 Å². The number of carboxylic acid groups (broad SMARTS) is 1. The molecule has 1 fully saturated rings. The summed E-state index contributed by atoms with van der Waals surface area (Å²) in [5.41, 5.74) is 2.01. The summed E-state index contributed by atoms with van der Waals surface area (Å²) in [5, 5.41) is 19.4. The molecule has 0 saturated carbocycles. The van der Waals surface area contributed by atoms with Gasteiger partial charge in [-0.1, -0.05) is 62.6 Å². The number of aromatic hydroxyl groups is 1. The fraction of sp³-hybridized carbons (Fsp3) is 0.517. The maximum atomic E-state index is 11.5. The number of piperazine rings is 1. The van der Waals surface area contributed by atoms with Crippen LogP contribution in [-0.4, -0.2) is 77.8 Å². The van der Waals surface area contributed by atoms with Crippen LogP contribution < -0.4 is 0 Å². The summed E-state index contributed by atoms with van der Waals surface area (Å²) in [6.45, 7) is 7.75. The van der Waals surface area contributed by atoms with E-state index < -0.39 is 5.97 Å². The average Bonchev–Trinajstić information content (AvgIpc) is 3.06. The van der Waals surface area contributed by atoms with Crippen molar-refractivity contribution in [1.82, 2.24) is 9.80 Å². The van der Waals surface area contributed by atoms with E-state index in [0.717, 1.165) is 85.3 Å². The lowest BCUT2D eigenvalue weighted by molar-refractivity contribution is -0.142. The molecule has 0 aromatic heterocycles. The number of rotatable bonds is 12. The first-order valence-electron chi connectivity index (χ1n) is 13.5. The number of carbonyl (C=O) groups is 1. The first kappa shape index (κ1) is 27.5. The van der Waals surface area contributed by atoms with Crippen molar-refractivity contribution < 1.29 is 19.7 Å². The summed E-state index contributed by atoms with van der Waals surface area (Å²) in [5.74, 6) is 0.249. The van der Waals surface area contributed by atoms with Crippen LogP contribution in [0.3, 0.4) is 0 Å². The molecule has 200 valence electrons. The van der Waals surface area contributed by atoms with Gasteiger partial charge in [0.15, 0.2) is 0 Å². The molecule has 2 aliphatic rings. The lowest BCUT2D eigenvalue weighted by Crippen LogP contribution is -2.49. The highest BCUT2D eigenvalue weighted by atomic mass is 32.2. The summed E-state index contributed by atoms with van der Waals surface area (Å²) in [6.07, 6.45) is 5.77. The van der Waals surface area contributed by atoms with Crippen molar-refractivity contribution in [1.29, 1.82) is 0 Å². The van der Waals surface area contributed by atoms with E-state index in [0.29, 0.717) is 19.6 Å². The van der Waals surface area contributed by atoms with Crippen LogP contribution in [0.25, 0.3) is 0 Å². The number of unbranched alkanes of at least 4 members (excludes halogenated alkanes) is 3. The Morgan fingerprint density at radius 2 is 1.84 bits per heavy atom. The predicted molar refractivity (Wildman–Crippen MR) is 148 cm³/mol. The normalized spacial score (nSPS) is 16.5. The molecule has 2 aromatic carbocycles. The van der Waals surface area contributed by atoms with Gasteiger partial charge in [-0.25, -0.2) is 4.99 Å². The van der Waals surface area contributed by atoms with E-state index in [9.17, 15) is 15.0 Å². The minimum absolute atomic E-state index is 0.253. The number of aliphatic imine (C=N–C) groups is 1. The molecule has 2 aromatic rings. The number of ether oxygens (including phenoxy) is 1. The predicted octanol–water partition coefficient (Wildman–Crippen LogP) is 5.63. The van der Waals surface area contributed by atoms with Gasteiger partial charge < -0.3 is 19.8 Å². The van der Waals surface area contributed by atoms with Crippen LogP contribution >= 0.6 is 11.8 Å². The molecule has 0 spiro atoms. The first-order chi connectivity index (χ1) is 18.0. The Bertz CT molecular complexity index is 1070. The van der Waals surface area contributed by atoms with Crippen molar-refractivity contribution >= 4 is 29.3 Å². The zero-order chi connectivity index (χ0) is 26.0. The van der Waals surface area contributed by atoms with E-state index in [1.807, 2.05) is 12.1 Å². The largest absolute Gasteiger partial charge is 0.508 e. The van der Waals surface area contributed by atoms with Crippen molar-refractivity contribution in [3.63, 3.8) is 0 Å². The summed E-state index contributed by atoms with van der Waals surface area (Å²) in [4.78, 5) is 23.4. The number of hydrogen-bond donors (Lipinski definition) is 2. The van der Waals surface area contributed by atoms with Gasteiger partial charge in [-0.2, -0.15) is 0 Å². The van der Waals surface area contributed by atoms with Gasteiger partial charge in [0.2, 0.25) is 0 Å². The summed E-state index contributed by atoms with van der Waals surface area (Å²) < 4.78 is 5.83. The second kappa shape index (κ2) is 13.8. The summed E-state index contributed by atoms with van der Waals surface area (Å²) in [7, 11) is 0. The van der Waals surface area contributed by atoms with Gasteiger partial charge in [-0.05, 0) is 37.1 Å². The number of phenolic OH excluding ortho intramolecular Hbond substituents is 1. The summed E-state index contributed by atoms with van der Waals surface area (Å²) >= 11 is 1.65. The fourth-order valence-electron chi connectivity index (χ4n) is 4.86. The van der Waals surface area contributed by atoms with Crippen molar-refractivity contribution in [3.8, 4) is 5.75 Å². The second-order valence-electron chi connectivity index (χ2n) is 9.80. The van der Waals surface area contributed by atoms with Crippen molar-refractivity contribution in [2.75, 3.05) is 45.9 Å². The van der Waals surface area contributed by atoms with E-state index in [1.165, 1.54) is 6.42 Å². The quantitative estimate of drug-likeness (QED) is 0.347. The zero-order valence-electron chi connectivity index (χ0n) is 21.8. The SMILES string of the molecule is CCCCCCC(CCOCCN1CCN(C2=Nc3ccc(O)cc3Sc3ccccc32)CC1)C(=O)O. The highest BCUT2D eigenvalue weighted by Crippen LogP contribution is 2.42. The molecule has 1 saturated heterocycles. The van der Waals surface area contributed by atoms with Crippen molar-refractivity contribution in [2.24, 2.45) is 10.9 Å². The Hall–Kier alpha value is -2.55.